The number of aliphatic hydroxyl groups excluding tert-OH is 2. The Morgan fingerprint density at radius 1 is 1.31 bits per heavy atom. The molecule has 1 aromatic carbocycles. The van der Waals surface area contributed by atoms with Crippen LogP contribution in [0.15, 0.2) is 30.9 Å². The summed E-state index contributed by atoms with van der Waals surface area (Å²) in [4.78, 5) is 0. The number of benzene rings is 1. The van der Waals surface area contributed by atoms with E-state index in [4.69, 9.17) is 5.11 Å². The van der Waals surface area contributed by atoms with Crippen LogP contribution >= 0.6 is 0 Å². The molecular weight excluding hydrogens is 204 g/mol. The third kappa shape index (κ3) is 3.36. The number of para-hydroxylation sites is 1. The van der Waals surface area contributed by atoms with E-state index in [1.165, 1.54) is 0 Å². The first-order valence-electron chi connectivity index (χ1n) is 5.38. The lowest BCUT2D eigenvalue weighted by Crippen LogP contribution is -2.06. The largest absolute Gasteiger partial charge is 0.507 e. The van der Waals surface area contributed by atoms with E-state index in [1.807, 2.05) is 0 Å². The fourth-order valence-electron chi connectivity index (χ4n) is 1.61. The van der Waals surface area contributed by atoms with Gasteiger partial charge in [0.2, 0.25) is 0 Å². The van der Waals surface area contributed by atoms with Gasteiger partial charge in [0.25, 0.3) is 0 Å². The zero-order valence-corrected chi connectivity index (χ0v) is 9.26. The van der Waals surface area contributed by atoms with Gasteiger partial charge in [-0.3, -0.25) is 0 Å². The summed E-state index contributed by atoms with van der Waals surface area (Å²) in [7, 11) is 0. The highest BCUT2D eigenvalue weighted by Gasteiger charge is 2.08. The van der Waals surface area contributed by atoms with Gasteiger partial charge in [-0.1, -0.05) is 24.3 Å². The zero-order chi connectivity index (χ0) is 12.0. The molecule has 3 nitrogen and oxygen atoms in total. The van der Waals surface area contributed by atoms with E-state index >= 15 is 0 Å². The minimum atomic E-state index is -0.422. The SMILES string of the molecule is C=CCC(O)CCc1cccc(CO)c1O. The van der Waals surface area contributed by atoms with Crippen molar-refractivity contribution in [2.45, 2.75) is 32.0 Å². The Kier molecular flexibility index (Phi) is 5.02. The smallest absolute Gasteiger partial charge is 0.124 e. The van der Waals surface area contributed by atoms with Crippen LogP contribution in [-0.2, 0) is 13.0 Å². The highest BCUT2D eigenvalue weighted by atomic mass is 16.3. The molecule has 0 saturated heterocycles. The number of phenols is 1. The van der Waals surface area contributed by atoms with Crippen molar-refractivity contribution in [3.05, 3.63) is 42.0 Å². The Bertz CT molecular complexity index is 347. The maximum Gasteiger partial charge on any atom is 0.124 e. The van der Waals surface area contributed by atoms with E-state index in [0.29, 0.717) is 24.8 Å². The molecular formula is C13H18O3. The molecule has 16 heavy (non-hydrogen) atoms. The van der Waals surface area contributed by atoms with Crippen LogP contribution in [0.5, 0.6) is 5.75 Å². The van der Waals surface area contributed by atoms with Crippen molar-refractivity contribution < 1.29 is 15.3 Å². The van der Waals surface area contributed by atoms with Crippen LogP contribution in [0, 0.1) is 0 Å². The van der Waals surface area contributed by atoms with Crippen molar-refractivity contribution >= 4 is 0 Å². The molecule has 0 amide bonds. The van der Waals surface area contributed by atoms with Gasteiger partial charge in [-0.15, -0.1) is 6.58 Å². The van der Waals surface area contributed by atoms with Gasteiger partial charge in [0, 0.05) is 5.56 Å². The Morgan fingerprint density at radius 3 is 2.62 bits per heavy atom. The number of aromatic hydroxyl groups is 1. The first-order valence-corrected chi connectivity index (χ1v) is 5.38. The number of hydrogen-bond acceptors (Lipinski definition) is 3. The summed E-state index contributed by atoms with van der Waals surface area (Å²) in [5.41, 5.74) is 1.28. The van der Waals surface area contributed by atoms with Crippen molar-refractivity contribution in [3.63, 3.8) is 0 Å². The fraction of sp³-hybridized carbons (Fsp3) is 0.385. The highest BCUT2D eigenvalue weighted by Crippen LogP contribution is 2.24. The predicted molar refractivity (Wildman–Crippen MR) is 63.2 cm³/mol. The van der Waals surface area contributed by atoms with Gasteiger partial charge in [0.1, 0.15) is 5.75 Å². The van der Waals surface area contributed by atoms with E-state index in [2.05, 4.69) is 6.58 Å². The summed E-state index contributed by atoms with van der Waals surface area (Å²) in [6.07, 6.45) is 2.98. The summed E-state index contributed by atoms with van der Waals surface area (Å²) in [5.74, 6) is 0.135. The lowest BCUT2D eigenvalue weighted by molar-refractivity contribution is 0.168. The minimum Gasteiger partial charge on any atom is -0.507 e. The molecule has 0 aliphatic heterocycles. The molecule has 0 radical (unpaired) electrons. The monoisotopic (exact) mass is 222 g/mol. The minimum absolute atomic E-state index is 0.135. The second-order valence-corrected chi connectivity index (χ2v) is 3.80. The van der Waals surface area contributed by atoms with E-state index in [1.54, 1.807) is 24.3 Å². The number of aliphatic hydroxyl groups is 2. The Labute approximate surface area is 95.7 Å². The summed E-state index contributed by atoms with van der Waals surface area (Å²) >= 11 is 0. The van der Waals surface area contributed by atoms with Crippen molar-refractivity contribution in [1.29, 1.82) is 0 Å². The Hall–Kier alpha value is -1.32. The molecule has 1 unspecified atom stereocenters. The van der Waals surface area contributed by atoms with Crippen molar-refractivity contribution in [2.75, 3.05) is 0 Å². The standard InChI is InChI=1S/C13H18O3/c1-2-4-12(15)8-7-10-5-3-6-11(9-14)13(10)16/h2-3,5-6,12,14-16H,1,4,7-9H2. The van der Waals surface area contributed by atoms with Crippen LogP contribution in [0.4, 0.5) is 0 Å². The highest BCUT2D eigenvalue weighted by molar-refractivity contribution is 5.39. The van der Waals surface area contributed by atoms with Crippen LogP contribution < -0.4 is 0 Å². The van der Waals surface area contributed by atoms with Crippen LogP contribution in [0.25, 0.3) is 0 Å². The average Bonchev–Trinajstić information content (AvgIpc) is 2.28. The molecule has 88 valence electrons. The summed E-state index contributed by atoms with van der Waals surface area (Å²) in [6, 6.07) is 5.27. The maximum atomic E-state index is 9.77. The fourth-order valence-corrected chi connectivity index (χ4v) is 1.61. The topological polar surface area (TPSA) is 60.7 Å². The predicted octanol–water partition coefficient (Wildman–Crippen LogP) is 1.75. The van der Waals surface area contributed by atoms with Gasteiger partial charge in [0.15, 0.2) is 0 Å². The first-order chi connectivity index (χ1) is 7.69. The molecule has 3 heteroatoms. The van der Waals surface area contributed by atoms with Crippen LogP contribution in [0.3, 0.4) is 0 Å². The van der Waals surface area contributed by atoms with E-state index in [0.717, 1.165) is 5.56 Å². The van der Waals surface area contributed by atoms with Gasteiger partial charge < -0.3 is 15.3 Å². The molecule has 3 N–H and O–H groups in total. The molecule has 1 aromatic rings. The molecule has 0 aromatic heterocycles. The number of hydrogen-bond donors (Lipinski definition) is 3. The molecule has 1 atom stereocenters. The van der Waals surface area contributed by atoms with Crippen LogP contribution in [-0.4, -0.2) is 21.4 Å². The van der Waals surface area contributed by atoms with Gasteiger partial charge >= 0.3 is 0 Å². The maximum absolute atomic E-state index is 9.77. The summed E-state index contributed by atoms with van der Waals surface area (Å²) in [5, 5.41) is 28.3. The van der Waals surface area contributed by atoms with E-state index in [9.17, 15) is 10.2 Å². The Morgan fingerprint density at radius 2 is 2.00 bits per heavy atom. The lowest BCUT2D eigenvalue weighted by atomic mass is 10.0. The van der Waals surface area contributed by atoms with E-state index < -0.39 is 6.10 Å². The lowest BCUT2D eigenvalue weighted by Gasteiger charge is -2.10. The first kappa shape index (κ1) is 12.7. The van der Waals surface area contributed by atoms with Gasteiger partial charge in [-0.25, -0.2) is 0 Å². The van der Waals surface area contributed by atoms with E-state index in [-0.39, 0.29) is 12.4 Å². The average molecular weight is 222 g/mol. The van der Waals surface area contributed by atoms with Crippen molar-refractivity contribution in [3.8, 4) is 5.75 Å². The number of rotatable bonds is 6. The summed E-state index contributed by atoms with van der Waals surface area (Å²) < 4.78 is 0. The molecule has 0 saturated carbocycles. The third-order valence-electron chi connectivity index (χ3n) is 2.56. The van der Waals surface area contributed by atoms with Crippen LogP contribution in [0.2, 0.25) is 0 Å². The van der Waals surface area contributed by atoms with Crippen molar-refractivity contribution in [2.24, 2.45) is 0 Å². The molecule has 0 aliphatic rings. The molecule has 0 aliphatic carbocycles. The van der Waals surface area contributed by atoms with Crippen molar-refractivity contribution in [1.82, 2.24) is 0 Å². The summed E-state index contributed by atoms with van der Waals surface area (Å²) in [6.45, 7) is 3.39. The normalized spacial score (nSPS) is 12.4. The van der Waals surface area contributed by atoms with Gasteiger partial charge in [-0.2, -0.15) is 0 Å². The molecule has 0 fully saturated rings. The van der Waals surface area contributed by atoms with Gasteiger partial charge in [0.05, 0.1) is 12.7 Å². The Balaban J connectivity index is 2.63. The van der Waals surface area contributed by atoms with Crippen LogP contribution in [0.1, 0.15) is 24.0 Å². The van der Waals surface area contributed by atoms with Gasteiger partial charge in [-0.05, 0) is 24.8 Å². The second-order valence-electron chi connectivity index (χ2n) is 3.80. The molecule has 0 heterocycles. The second kappa shape index (κ2) is 6.30. The molecule has 1 rings (SSSR count). The quantitative estimate of drug-likeness (QED) is 0.643. The molecule has 0 bridgehead atoms. The zero-order valence-electron chi connectivity index (χ0n) is 9.26. The third-order valence-corrected chi connectivity index (χ3v) is 2.56. The molecule has 0 spiro atoms. The number of aryl methyl sites for hydroxylation is 1.